The largest absolute Gasteiger partial charge is 0.493 e. The number of carbonyl (C=O) groups excluding carboxylic acids is 2. The van der Waals surface area contributed by atoms with Gasteiger partial charge in [-0.05, 0) is 61.0 Å². The smallest absolute Gasteiger partial charge is 0.338 e. The Morgan fingerprint density at radius 1 is 1.08 bits per heavy atom. The molecule has 1 aliphatic heterocycles. The van der Waals surface area contributed by atoms with Crippen LogP contribution in [0.4, 0.5) is 5.69 Å². The number of amides is 1. The average Bonchev–Trinajstić information content (AvgIpc) is 3.16. The minimum Gasteiger partial charge on any atom is -0.493 e. The van der Waals surface area contributed by atoms with Crippen molar-refractivity contribution >= 4 is 63.5 Å². The van der Waals surface area contributed by atoms with Crippen LogP contribution in [-0.2, 0) is 16.1 Å². The van der Waals surface area contributed by atoms with Crippen LogP contribution in [0.25, 0.3) is 6.08 Å². The molecule has 0 N–H and O–H groups in total. The fourth-order valence-corrected chi connectivity index (χ4v) is 4.96. The molecule has 1 aliphatic rings. The van der Waals surface area contributed by atoms with Crippen LogP contribution >= 0.6 is 35.6 Å². The second-order valence-electron chi connectivity index (χ2n) is 7.57. The lowest BCUT2D eigenvalue weighted by molar-refractivity contribution is -0.113. The molecule has 9 heteroatoms. The van der Waals surface area contributed by atoms with Gasteiger partial charge in [0.05, 0.1) is 29.9 Å². The standard InChI is InChI=1S/C27H22ClNO5S2/c1-3-33-26(31)18-9-11-20(12-10-18)29-25(30)24(36-27(29)35)15-17-8-13-22(23(14-17)32-2)34-16-19-6-4-5-7-21(19)28/h4-15H,3,16H2,1-2H3/b24-15-. The average molecular weight is 540 g/mol. The number of thiocarbonyl (C=S) groups is 1. The Balaban J connectivity index is 1.50. The van der Waals surface area contributed by atoms with Crippen LogP contribution in [0.1, 0.15) is 28.4 Å². The lowest BCUT2D eigenvalue weighted by Gasteiger charge is -2.15. The molecule has 0 saturated carbocycles. The van der Waals surface area contributed by atoms with Crippen molar-refractivity contribution < 1.29 is 23.8 Å². The van der Waals surface area contributed by atoms with Gasteiger partial charge in [0.2, 0.25) is 0 Å². The SMILES string of the molecule is CCOC(=O)c1ccc(N2C(=O)/C(=C/c3ccc(OCc4ccccc4Cl)c(OC)c3)SC2=S)cc1. The molecule has 0 aromatic heterocycles. The molecule has 0 atom stereocenters. The minimum absolute atomic E-state index is 0.244. The second-order valence-corrected chi connectivity index (χ2v) is 9.66. The van der Waals surface area contributed by atoms with E-state index in [-0.39, 0.29) is 5.91 Å². The summed E-state index contributed by atoms with van der Waals surface area (Å²) in [6, 6.07) is 19.5. The molecule has 36 heavy (non-hydrogen) atoms. The van der Waals surface area contributed by atoms with E-state index >= 15 is 0 Å². The molecule has 1 amide bonds. The Labute approximate surface area is 223 Å². The highest BCUT2D eigenvalue weighted by atomic mass is 35.5. The van der Waals surface area contributed by atoms with E-state index in [1.807, 2.05) is 30.3 Å². The van der Waals surface area contributed by atoms with E-state index in [4.69, 9.17) is 38.0 Å². The molecule has 1 saturated heterocycles. The Kier molecular flexibility index (Phi) is 8.30. The van der Waals surface area contributed by atoms with Crippen LogP contribution in [0.15, 0.2) is 71.6 Å². The maximum atomic E-state index is 13.1. The zero-order chi connectivity index (χ0) is 25.7. The van der Waals surface area contributed by atoms with E-state index in [0.29, 0.717) is 50.2 Å². The van der Waals surface area contributed by atoms with Crippen molar-refractivity contribution in [2.24, 2.45) is 0 Å². The predicted octanol–water partition coefficient (Wildman–Crippen LogP) is 6.51. The van der Waals surface area contributed by atoms with Gasteiger partial charge < -0.3 is 14.2 Å². The summed E-state index contributed by atoms with van der Waals surface area (Å²) < 4.78 is 16.8. The molecule has 3 aromatic rings. The first-order valence-electron chi connectivity index (χ1n) is 11.0. The predicted molar refractivity (Wildman–Crippen MR) is 147 cm³/mol. The van der Waals surface area contributed by atoms with E-state index < -0.39 is 5.97 Å². The maximum Gasteiger partial charge on any atom is 0.338 e. The first kappa shape index (κ1) is 25.8. The monoisotopic (exact) mass is 539 g/mol. The number of anilines is 1. The molecule has 6 nitrogen and oxygen atoms in total. The highest BCUT2D eigenvalue weighted by Gasteiger charge is 2.33. The third-order valence-corrected chi connectivity index (χ3v) is 6.93. The summed E-state index contributed by atoms with van der Waals surface area (Å²) in [5.41, 5.74) is 2.61. The van der Waals surface area contributed by atoms with Crippen molar-refractivity contribution in [1.29, 1.82) is 0 Å². The minimum atomic E-state index is -0.414. The van der Waals surface area contributed by atoms with Crippen LogP contribution in [0.3, 0.4) is 0 Å². The third-order valence-electron chi connectivity index (χ3n) is 5.26. The molecule has 0 bridgehead atoms. The number of carbonyl (C=O) groups is 2. The molecule has 1 fully saturated rings. The number of hydrogen-bond acceptors (Lipinski definition) is 7. The molecule has 0 radical (unpaired) electrons. The number of esters is 1. The first-order chi connectivity index (χ1) is 17.4. The van der Waals surface area contributed by atoms with Gasteiger partial charge in [-0.3, -0.25) is 9.69 Å². The number of ether oxygens (including phenoxy) is 3. The topological polar surface area (TPSA) is 65.1 Å². The number of methoxy groups -OCH3 is 1. The van der Waals surface area contributed by atoms with Crippen LogP contribution in [0.2, 0.25) is 5.02 Å². The van der Waals surface area contributed by atoms with Crippen molar-refractivity contribution in [2.75, 3.05) is 18.6 Å². The zero-order valence-corrected chi connectivity index (χ0v) is 21.9. The third kappa shape index (κ3) is 5.73. The fraction of sp³-hybridized carbons (Fsp3) is 0.148. The Morgan fingerprint density at radius 3 is 2.53 bits per heavy atom. The van der Waals surface area contributed by atoms with Gasteiger partial charge in [0.1, 0.15) is 6.61 Å². The molecule has 0 spiro atoms. The number of hydrogen-bond donors (Lipinski definition) is 0. The van der Waals surface area contributed by atoms with Gasteiger partial charge in [-0.2, -0.15) is 0 Å². The van der Waals surface area contributed by atoms with Crippen molar-refractivity contribution in [3.8, 4) is 11.5 Å². The zero-order valence-electron chi connectivity index (χ0n) is 19.5. The van der Waals surface area contributed by atoms with Gasteiger partial charge in [-0.15, -0.1) is 0 Å². The van der Waals surface area contributed by atoms with Crippen molar-refractivity contribution in [1.82, 2.24) is 0 Å². The Hall–Kier alpha value is -3.33. The van der Waals surface area contributed by atoms with Gasteiger partial charge in [-0.25, -0.2) is 4.79 Å². The van der Waals surface area contributed by atoms with Gasteiger partial charge in [0, 0.05) is 10.6 Å². The van der Waals surface area contributed by atoms with Crippen LogP contribution < -0.4 is 14.4 Å². The van der Waals surface area contributed by atoms with Crippen molar-refractivity contribution in [3.05, 3.63) is 93.3 Å². The summed E-state index contributed by atoms with van der Waals surface area (Å²) in [6.07, 6.45) is 1.76. The summed E-state index contributed by atoms with van der Waals surface area (Å²) in [6.45, 7) is 2.33. The summed E-state index contributed by atoms with van der Waals surface area (Å²) in [4.78, 5) is 27.0. The number of rotatable bonds is 8. The summed E-state index contributed by atoms with van der Waals surface area (Å²) in [5, 5.41) is 0.630. The quantitative estimate of drug-likeness (QED) is 0.184. The number of benzene rings is 3. The molecule has 0 aliphatic carbocycles. The Morgan fingerprint density at radius 2 is 1.83 bits per heavy atom. The molecule has 4 rings (SSSR count). The first-order valence-corrected chi connectivity index (χ1v) is 12.6. The lowest BCUT2D eigenvalue weighted by Crippen LogP contribution is -2.27. The van der Waals surface area contributed by atoms with Crippen LogP contribution in [0.5, 0.6) is 11.5 Å². The maximum absolute atomic E-state index is 13.1. The number of halogens is 1. The van der Waals surface area contributed by atoms with Gasteiger partial charge in [0.15, 0.2) is 15.8 Å². The van der Waals surface area contributed by atoms with E-state index in [2.05, 4.69) is 0 Å². The van der Waals surface area contributed by atoms with E-state index in [1.54, 1.807) is 56.5 Å². The van der Waals surface area contributed by atoms with Crippen LogP contribution in [0, 0.1) is 0 Å². The van der Waals surface area contributed by atoms with Crippen molar-refractivity contribution in [2.45, 2.75) is 13.5 Å². The molecular formula is C27H22ClNO5S2. The van der Waals surface area contributed by atoms with Gasteiger partial charge in [-0.1, -0.05) is 59.8 Å². The Bertz CT molecular complexity index is 1340. The normalized spacial score (nSPS) is 14.3. The molecule has 184 valence electrons. The highest BCUT2D eigenvalue weighted by Crippen LogP contribution is 2.37. The van der Waals surface area contributed by atoms with E-state index in [1.165, 1.54) is 16.7 Å². The molecular weight excluding hydrogens is 518 g/mol. The number of thioether (sulfide) groups is 1. The number of nitrogens with zero attached hydrogens (tertiary/aromatic N) is 1. The van der Waals surface area contributed by atoms with Crippen LogP contribution in [-0.4, -0.2) is 29.9 Å². The molecule has 0 unspecified atom stereocenters. The van der Waals surface area contributed by atoms with Gasteiger partial charge in [0.25, 0.3) is 5.91 Å². The second kappa shape index (κ2) is 11.6. The fourth-order valence-electron chi connectivity index (χ4n) is 3.47. The van der Waals surface area contributed by atoms with E-state index in [0.717, 1.165) is 11.1 Å². The molecule has 1 heterocycles. The van der Waals surface area contributed by atoms with Gasteiger partial charge >= 0.3 is 5.97 Å². The van der Waals surface area contributed by atoms with E-state index in [9.17, 15) is 9.59 Å². The summed E-state index contributed by atoms with van der Waals surface area (Å²) in [5.74, 6) is 0.430. The molecule has 3 aromatic carbocycles. The summed E-state index contributed by atoms with van der Waals surface area (Å²) >= 11 is 12.9. The lowest BCUT2D eigenvalue weighted by atomic mass is 10.1. The highest BCUT2D eigenvalue weighted by molar-refractivity contribution is 8.27. The summed E-state index contributed by atoms with van der Waals surface area (Å²) in [7, 11) is 1.56. The van der Waals surface area contributed by atoms with Crippen molar-refractivity contribution in [3.63, 3.8) is 0 Å².